The number of ether oxygens (including phenoxy) is 1. The number of unbranched alkanes of at least 4 members (excludes halogenated alkanes) is 1. The Bertz CT molecular complexity index is 1340. The molecular formula is C29H33N3O9. The second-order valence-electron chi connectivity index (χ2n) is 9.44. The van der Waals surface area contributed by atoms with E-state index in [-0.39, 0.29) is 25.5 Å². The highest BCUT2D eigenvalue weighted by molar-refractivity contribution is 6.18. The minimum atomic E-state index is -1.22. The largest absolute Gasteiger partial charge is 0.480 e. The number of esters is 1. The van der Waals surface area contributed by atoms with Crippen molar-refractivity contribution in [1.82, 2.24) is 15.5 Å². The van der Waals surface area contributed by atoms with Crippen molar-refractivity contribution in [2.75, 3.05) is 39.3 Å². The maximum Gasteiger partial charge on any atom is 0.323 e. The Labute approximate surface area is 235 Å². The van der Waals surface area contributed by atoms with Crippen LogP contribution in [0.4, 0.5) is 0 Å². The van der Waals surface area contributed by atoms with Crippen molar-refractivity contribution in [3.05, 3.63) is 60.2 Å². The number of fused-ring (bicyclic) bond motifs is 2. The molecule has 0 aromatic heterocycles. The van der Waals surface area contributed by atoms with E-state index in [1.165, 1.54) is 0 Å². The molecule has 0 radical (unpaired) electrons. The third-order valence-electron chi connectivity index (χ3n) is 6.36. The van der Waals surface area contributed by atoms with Gasteiger partial charge in [0.1, 0.15) is 12.6 Å². The lowest BCUT2D eigenvalue weighted by Gasteiger charge is -2.20. The van der Waals surface area contributed by atoms with Crippen LogP contribution in [0.2, 0.25) is 0 Å². The third-order valence-corrected chi connectivity index (χ3v) is 6.36. The molecule has 3 aromatic rings. The van der Waals surface area contributed by atoms with Crippen LogP contribution in [-0.2, 0) is 23.9 Å². The van der Waals surface area contributed by atoms with Gasteiger partial charge in [0.25, 0.3) is 5.91 Å². The Morgan fingerprint density at radius 2 is 1.39 bits per heavy atom. The molecule has 1 atom stereocenters. The average molecular weight is 568 g/mol. The summed E-state index contributed by atoms with van der Waals surface area (Å²) in [6.07, 6.45) is 1.21. The number of hydrogen-bond acceptors (Lipinski definition) is 8. The maximum atomic E-state index is 13.2. The van der Waals surface area contributed by atoms with Crippen molar-refractivity contribution in [3.63, 3.8) is 0 Å². The summed E-state index contributed by atoms with van der Waals surface area (Å²) < 4.78 is 5.17. The monoisotopic (exact) mass is 567 g/mol. The summed E-state index contributed by atoms with van der Waals surface area (Å²) in [5.74, 6) is -4.56. The molecule has 0 saturated heterocycles. The van der Waals surface area contributed by atoms with Gasteiger partial charge in [-0.2, -0.15) is 0 Å². The average Bonchev–Trinajstić information content (AvgIpc) is 2.92. The Morgan fingerprint density at radius 1 is 0.805 bits per heavy atom. The number of aliphatic carboxylic acids is 3. The first kappa shape index (κ1) is 31.0. The van der Waals surface area contributed by atoms with Crippen molar-refractivity contribution in [3.8, 4) is 0 Å². The molecular weight excluding hydrogens is 534 g/mol. The highest BCUT2D eigenvalue weighted by Crippen LogP contribution is 2.28. The van der Waals surface area contributed by atoms with E-state index in [4.69, 9.17) is 20.1 Å². The number of carboxylic acids is 3. The molecule has 0 bridgehead atoms. The number of nitrogens with one attached hydrogen (secondary N) is 2. The zero-order valence-corrected chi connectivity index (χ0v) is 22.4. The molecule has 0 aliphatic heterocycles. The molecule has 218 valence electrons. The van der Waals surface area contributed by atoms with Gasteiger partial charge in [-0.15, -0.1) is 0 Å². The fourth-order valence-corrected chi connectivity index (χ4v) is 4.51. The lowest BCUT2D eigenvalue weighted by atomic mass is 9.96. The summed E-state index contributed by atoms with van der Waals surface area (Å²) in [5.41, 5.74) is 0.586. The predicted molar refractivity (Wildman–Crippen MR) is 150 cm³/mol. The normalized spacial score (nSPS) is 11.8. The highest BCUT2D eigenvalue weighted by atomic mass is 16.5. The SMILES string of the molecule is O=C(O)CN[C@@H](CCCCNC(=O)c1c2ccccc2cc2ccccc12)C(=O)OCCN(CC(=O)O)CC(=O)O. The van der Waals surface area contributed by atoms with Crippen LogP contribution in [0.3, 0.4) is 0 Å². The van der Waals surface area contributed by atoms with Gasteiger partial charge in [0.05, 0.1) is 25.2 Å². The minimum absolute atomic E-state index is 0.120. The van der Waals surface area contributed by atoms with E-state index in [2.05, 4.69) is 10.6 Å². The van der Waals surface area contributed by atoms with E-state index in [9.17, 15) is 24.0 Å². The lowest BCUT2D eigenvalue weighted by Crippen LogP contribution is -2.42. The molecule has 3 aromatic carbocycles. The molecule has 1 amide bonds. The number of amides is 1. The fraction of sp³-hybridized carbons (Fsp3) is 0.345. The van der Waals surface area contributed by atoms with E-state index in [0.29, 0.717) is 24.9 Å². The van der Waals surface area contributed by atoms with Gasteiger partial charge in [-0.25, -0.2) is 0 Å². The molecule has 0 aliphatic rings. The quantitative estimate of drug-likeness (QED) is 0.0913. The van der Waals surface area contributed by atoms with Crippen LogP contribution in [-0.4, -0.2) is 95.4 Å². The third kappa shape index (κ3) is 9.55. The first-order valence-corrected chi connectivity index (χ1v) is 13.1. The first-order chi connectivity index (χ1) is 19.7. The first-order valence-electron chi connectivity index (χ1n) is 13.1. The second kappa shape index (κ2) is 15.3. The molecule has 12 nitrogen and oxygen atoms in total. The molecule has 0 spiro atoms. The van der Waals surface area contributed by atoms with Gasteiger partial charge in [-0.1, -0.05) is 48.5 Å². The molecule has 41 heavy (non-hydrogen) atoms. The van der Waals surface area contributed by atoms with Gasteiger partial charge in [-0.3, -0.25) is 34.2 Å². The molecule has 3 rings (SSSR count). The zero-order chi connectivity index (χ0) is 29.8. The summed E-state index contributed by atoms with van der Waals surface area (Å²) in [4.78, 5) is 59.8. The van der Waals surface area contributed by atoms with Crippen molar-refractivity contribution >= 4 is 51.3 Å². The van der Waals surface area contributed by atoms with Gasteiger partial charge in [0.15, 0.2) is 0 Å². The number of carbonyl (C=O) groups is 5. The van der Waals surface area contributed by atoms with Crippen LogP contribution in [0.5, 0.6) is 0 Å². The smallest absolute Gasteiger partial charge is 0.323 e. The molecule has 0 saturated carbocycles. The minimum Gasteiger partial charge on any atom is -0.480 e. The maximum absolute atomic E-state index is 13.2. The number of hydrogen-bond donors (Lipinski definition) is 5. The molecule has 5 N–H and O–H groups in total. The Morgan fingerprint density at radius 3 is 1.95 bits per heavy atom. The molecule has 0 heterocycles. The fourth-order valence-electron chi connectivity index (χ4n) is 4.51. The van der Waals surface area contributed by atoms with Crippen LogP contribution in [0, 0.1) is 0 Å². The topological polar surface area (TPSA) is 183 Å². The summed E-state index contributed by atoms with van der Waals surface area (Å²) in [7, 11) is 0. The second-order valence-corrected chi connectivity index (χ2v) is 9.44. The van der Waals surface area contributed by atoms with Gasteiger partial charge in [0, 0.05) is 13.1 Å². The van der Waals surface area contributed by atoms with Gasteiger partial charge < -0.3 is 25.4 Å². The van der Waals surface area contributed by atoms with E-state index >= 15 is 0 Å². The number of carbonyl (C=O) groups excluding carboxylic acids is 2. The van der Waals surface area contributed by atoms with Crippen LogP contribution < -0.4 is 10.6 Å². The van der Waals surface area contributed by atoms with Crippen LogP contribution in [0.15, 0.2) is 54.6 Å². The van der Waals surface area contributed by atoms with Gasteiger partial charge >= 0.3 is 23.9 Å². The predicted octanol–water partition coefficient (Wildman–Crippen LogP) is 1.95. The van der Waals surface area contributed by atoms with Crippen molar-refractivity contribution in [1.29, 1.82) is 0 Å². The lowest BCUT2D eigenvalue weighted by molar-refractivity contribution is -0.147. The van der Waals surface area contributed by atoms with Crippen LogP contribution in [0.1, 0.15) is 29.6 Å². The summed E-state index contributed by atoms with van der Waals surface area (Å²) in [5, 5.41) is 36.0. The summed E-state index contributed by atoms with van der Waals surface area (Å²) in [6, 6.07) is 16.4. The Balaban J connectivity index is 1.54. The highest BCUT2D eigenvalue weighted by Gasteiger charge is 2.22. The van der Waals surface area contributed by atoms with Gasteiger partial charge in [0.2, 0.25) is 0 Å². The molecule has 0 aliphatic carbocycles. The number of rotatable bonds is 17. The van der Waals surface area contributed by atoms with Crippen molar-refractivity contribution in [2.45, 2.75) is 25.3 Å². The number of nitrogens with zero attached hydrogens (tertiary/aromatic N) is 1. The van der Waals surface area contributed by atoms with E-state index in [0.717, 1.165) is 26.4 Å². The molecule has 0 fully saturated rings. The van der Waals surface area contributed by atoms with E-state index in [1.807, 2.05) is 54.6 Å². The number of benzene rings is 3. The van der Waals surface area contributed by atoms with E-state index in [1.54, 1.807) is 0 Å². The van der Waals surface area contributed by atoms with E-state index < -0.39 is 49.6 Å². The van der Waals surface area contributed by atoms with Crippen molar-refractivity contribution in [2.24, 2.45) is 0 Å². The summed E-state index contributed by atoms with van der Waals surface area (Å²) >= 11 is 0. The van der Waals surface area contributed by atoms with Crippen LogP contribution in [0.25, 0.3) is 21.5 Å². The zero-order valence-electron chi connectivity index (χ0n) is 22.4. The molecule has 12 heteroatoms. The standard InChI is InChI=1S/C29H33N3O9/c33-24(34)16-31-23(29(40)41-14-13-32(17-25(35)36)18-26(37)38)11-5-6-12-30-28(39)27-21-9-3-1-7-19(21)15-20-8-2-4-10-22(20)27/h1-4,7-10,15,23,31H,5-6,11-14,16-18H2,(H,30,39)(H,33,34)(H,35,36)(H,37,38)/t23-/m0/s1. The Hall–Kier alpha value is -4.55. The Kier molecular flexibility index (Phi) is 11.6. The van der Waals surface area contributed by atoms with Crippen LogP contribution >= 0.6 is 0 Å². The van der Waals surface area contributed by atoms with Gasteiger partial charge in [-0.05, 0) is 46.9 Å². The summed E-state index contributed by atoms with van der Waals surface area (Å²) in [6.45, 7) is -1.61. The number of carboxylic acid groups (broad SMARTS) is 3. The molecule has 0 unspecified atom stereocenters. The van der Waals surface area contributed by atoms with Crippen molar-refractivity contribution < 1.29 is 44.0 Å².